The molecule has 47 heavy (non-hydrogen) atoms. The van der Waals surface area contributed by atoms with Crippen LogP contribution in [0.4, 0.5) is 0 Å². The number of methoxy groups -OCH3 is 1. The standard InChI is InChI=1S/C34H42O13/c1-14(2)7-12-20-22(45-33-28(40)24(36)15(3)16(4)43-33)13-21(35)23-26(38)32(47-34-29(41)27(39)25(37)17(5)44-34)30(46-31(20)23)18-8-10-19(42-6)11-9-18/h7-11,13,15-17,24-25,27-29,33-37,39-41H,12H2,1-6H3. The molecular formula is C34H42O13. The average molecular weight is 659 g/mol. The summed E-state index contributed by atoms with van der Waals surface area (Å²) in [6.45, 7) is 8.71. The lowest BCUT2D eigenvalue weighted by Gasteiger charge is -2.40. The molecular weight excluding hydrogens is 616 g/mol. The fraction of sp³-hybridized carbons (Fsp3) is 0.500. The zero-order chi connectivity index (χ0) is 34.3. The summed E-state index contributed by atoms with van der Waals surface area (Å²) in [5.74, 6) is -0.891. The topological polar surface area (TPSA) is 198 Å². The van der Waals surface area contributed by atoms with E-state index in [9.17, 15) is 35.4 Å². The minimum atomic E-state index is -1.74. The molecule has 2 aliphatic heterocycles. The van der Waals surface area contributed by atoms with Gasteiger partial charge in [-0.2, -0.15) is 0 Å². The Kier molecular flexibility index (Phi) is 10.2. The van der Waals surface area contributed by atoms with Crippen molar-refractivity contribution >= 4 is 11.0 Å². The summed E-state index contributed by atoms with van der Waals surface area (Å²) in [5.41, 5.74) is 0.738. The monoisotopic (exact) mass is 658 g/mol. The smallest absolute Gasteiger partial charge is 0.239 e. The number of fused-ring (bicyclic) bond motifs is 1. The Hall–Kier alpha value is -3.69. The number of aliphatic hydroxyl groups is 5. The van der Waals surface area contributed by atoms with Crippen LogP contribution in [0, 0.1) is 5.92 Å². The second-order valence-electron chi connectivity index (χ2n) is 12.3. The van der Waals surface area contributed by atoms with E-state index in [1.54, 1.807) is 38.1 Å². The molecule has 0 saturated carbocycles. The molecule has 256 valence electrons. The van der Waals surface area contributed by atoms with Gasteiger partial charge in [-0.25, -0.2) is 0 Å². The summed E-state index contributed by atoms with van der Waals surface area (Å²) >= 11 is 0. The lowest BCUT2D eigenvalue weighted by molar-refractivity contribution is -0.268. The summed E-state index contributed by atoms with van der Waals surface area (Å²) in [7, 11) is 1.50. The Balaban J connectivity index is 1.72. The van der Waals surface area contributed by atoms with Crippen molar-refractivity contribution < 1.29 is 58.7 Å². The second kappa shape index (κ2) is 13.8. The van der Waals surface area contributed by atoms with Gasteiger partial charge in [0, 0.05) is 23.1 Å². The molecule has 13 nitrogen and oxygen atoms in total. The van der Waals surface area contributed by atoms with E-state index in [-0.39, 0.29) is 34.8 Å². The van der Waals surface area contributed by atoms with Gasteiger partial charge in [-0.15, -0.1) is 0 Å². The van der Waals surface area contributed by atoms with Gasteiger partial charge < -0.3 is 58.7 Å². The quantitative estimate of drug-likeness (QED) is 0.193. The molecule has 3 heterocycles. The van der Waals surface area contributed by atoms with Gasteiger partial charge in [-0.05, 0) is 58.4 Å². The molecule has 0 aliphatic carbocycles. The molecule has 2 fully saturated rings. The van der Waals surface area contributed by atoms with Crippen molar-refractivity contribution in [2.75, 3.05) is 7.11 Å². The number of allylic oxidation sites excluding steroid dienone is 2. The molecule has 6 N–H and O–H groups in total. The number of hydrogen-bond donors (Lipinski definition) is 6. The molecule has 5 rings (SSSR count). The first-order chi connectivity index (χ1) is 22.2. The first kappa shape index (κ1) is 34.6. The number of benzene rings is 2. The van der Waals surface area contributed by atoms with E-state index in [0.29, 0.717) is 16.9 Å². The van der Waals surface area contributed by atoms with Crippen molar-refractivity contribution in [3.05, 3.63) is 57.8 Å². The molecule has 0 amide bonds. The maximum Gasteiger partial charge on any atom is 0.239 e. The Morgan fingerprint density at radius 3 is 2.11 bits per heavy atom. The van der Waals surface area contributed by atoms with Crippen LogP contribution in [-0.4, -0.2) is 93.1 Å². The predicted octanol–water partition coefficient (Wildman–Crippen LogP) is 2.37. The van der Waals surface area contributed by atoms with Gasteiger partial charge in [0.05, 0.1) is 25.4 Å². The van der Waals surface area contributed by atoms with Gasteiger partial charge in [0.2, 0.25) is 23.8 Å². The second-order valence-corrected chi connectivity index (χ2v) is 12.3. The number of aromatic hydroxyl groups is 1. The van der Waals surface area contributed by atoms with Gasteiger partial charge in [-0.1, -0.05) is 18.6 Å². The Morgan fingerprint density at radius 2 is 1.47 bits per heavy atom. The predicted molar refractivity (Wildman–Crippen MR) is 168 cm³/mol. The molecule has 0 bridgehead atoms. The molecule has 0 radical (unpaired) electrons. The van der Waals surface area contributed by atoms with Crippen LogP contribution in [0.15, 0.2) is 51.2 Å². The maximum atomic E-state index is 14.3. The number of rotatable bonds is 8. The molecule has 2 aliphatic rings. The highest BCUT2D eigenvalue weighted by Gasteiger charge is 2.45. The fourth-order valence-corrected chi connectivity index (χ4v) is 5.62. The summed E-state index contributed by atoms with van der Waals surface area (Å²) in [6, 6.07) is 7.69. The zero-order valence-electron chi connectivity index (χ0n) is 27.0. The first-order valence-corrected chi connectivity index (χ1v) is 15.4. The van der Waals surface area contributed by atoms with E-state index in [4.69, 9.17) is 28.1 Å². The number of ether oxygens (including phenoxy) is 5. The number of hydrogen-bond acceptors (Lipinski definition) is 13. The molecule has 3 aromatic rings. The molecule has 1 aromatic heterocycles. The van der Waals surface area contributed by atoms with Crippen molar-refractivity contribution in [1.82, 2.24) is 0 Å². The van der Waals surface area contributed by atoms with E-state index in [1.165, 1.54) is 20.1 Å². The van der Waals surface area contributed by atoms with Crippen LogP contribution < -0.4 is 19.6 Å². The normalized spacial score (nSPS) is 31.0. The summed E-state index contributed by atoms with van der Waals surface area (Å²) < 4.78 is 35.2. The molecule has 2 aromatic carbocycles. The highest BCUT2D eigenvalue weighted by Crippen LogP contribution is 2.42. The van der Waals surface area contributed by atoms with Crippen LogP contribution in [0.5, 0.6) is 23.0 Å². The van der Waals surface area contributed by atoms with Crippen LogP contribution >= 0.6 is 0 Å². The molecule has 10 atom stereocenters. The van der Waals surface area contributed by atoms with Crippen molar-refractivity contribution in [2.45, 2.75) is 96.3 Å². The Bertz CT molecular complexity index is 1660. The lowest BCUT2D eigenvalue weighted by Crippen LogP contribution is -2.58. The molecule has 0 spiro atoms. The van der Waals surface area contributed by atoms with E-state index < -0.39 is 72.2 Å². The molecule has 2 saturated heterocycles. The number of aliphatic hydroxyl groups excluding tert-OH is 5. The highest BCUT2D eigenvalue weighted by molar-refractivity contribution is 5.91. The van der Waals surface area contributed by atoms with Crippen LogP contribution in [0.3, 0.4) is 0 Å². The average Bonchev–Trinajstić information content (AvgIpc) is 3.04. The zero-order valence-corrected chi connectivity index (χ0v) is 27.0. The number of phenolic OH excluding ortho intramolecular Hbond substituents is 1. The van der Waals surface area contributed by atoms with Gasteiger partial charge in [0.1, 0.15) is 52.6 Å². The van der Waals surface area contributed by atoms with Gasteiger partial charge in [-0.3, -0.25) is 4.79 Å². The van der Waals surface area contributed by atoms with Crippen LogP contribution in [-0.2, 0) is 15.9 Å². The van der Waals surface area contributed by atoms with Gasteiger partial charge in [0.25, 0.3) is 0 Å². The minimum Gasteiger partial charge on any atom is -0.507 e. The fourth-order valence-electron chi connectivity index (χ4n) is 5.62. The van der Waals surface area contributed by atoms with Gasteiger partial charge >= 0.3 is 0 Å². The number of phenols is 1. The molecule has 10 unspecified atom stereocenters. The Labute approximate surface area is 271 Å². The van der Waals surface area contributed by atoms with Gasteiger partial charge in [0.15, 0.2) is 5.76 Å². The Morgan fingerprint density at radius 1 is 0.851 bits per heavy atom. The SMILES string of the molecule is COc1ccc(-c2oc3c(CC=C(C)C)c(OC4OC(C)C(C)C(O)C4O)cc(O)c3c(=O)c2OC2OC(C)C(O)C(O)C2O)cc1. The van der Waals surface area contributed by atoms with E-state index in [1.807, 2.05) is 19.9 Å². The maximum absolute atomic E-state index is 14.3. The minimum absolute atomic E-state index is 0.0416. The van der Waals surface area contributed by atoms with Crippen molar-refractivity contribution in [2.24, 2.45) is 5.92 Å². The highest BCUT2D eigenvalue weighted by atomic mass is 16.7. The molecule has 13 heteroatoms. The van der Waals surface area contributed by atoms with Crippen molar-refractivity contribution in [3.63, 3.8) is 0 Å². The summed E-state index contributed by atoms with van der Waals surface area (Å²) in [6.07, 6.45) is -9.61. The third-order valence-corrected chi connectivity index (χ3v) is 8.78. The van der Waals surface area contributed by atoms with Crippen LogP contribution in [0.2, 0.25) is 0 Å². The first-order valence-electron chi connectivity index (χ1n) is 15.4. The lowest BCUT2D eigenvalue weighted by atomic mass is 9.91. The van der Waals surface area contributed by atoms with Crippen LogP contribution in [0.25, 0.3) is 22.3 Å². The third-order valence-electron chi connectivity index (χ3n) is 8.78. The third kappa shape index (κ3) is 6.70. The summed E-state index contributed by atoms with van der Waals surface area (Å²) in [5, 5.41) is 63.6. The largest absolute Gasteiger partial charge is 0.507 e. The van der Waals surface area contributed by atoms with E-state index in [0.717, 1.165) is 5.57 Å². The van der Waals surface area contributed by atoms with E-state index >= 15 is 0 Å². The van der Waals surface area contributed by atoms with Crippen molar-refractivity contribution in [1.29, 1.82) is 0 Å². The summed E-state index contributed by atoms with van der Waals surface area (Å²) in [4.78, 5) is 14.3. The van der Waals surface area contributed by atoms with Crippen molar-refractivity contribution in [3.8, 4) is 34.3 Å². The van der Waals surface area contributed by atoms with Crippen LogP contribution in [0.1, 0.15) is 40.2 Å². The van der Waals surface area contributed by atoms with E-state index in [2.05, 4.69) is 0 Å².